The molecule has 1 aliphatic heterocycles. The van der Waals surface area contributed by atoms with E-state index in [9.17, 15) is 4.79 Å². The Labute approximate surface area is 136 Å². The first-order valence-corrected chi connectivity index (χ1v) is 8.86. The number of aromatic nitrogens is 3. The highest BCUT2D eigenvalue weighted by Gasteiger charge is 2.17. The van der Waals surface area contributed by atoms with Gasteiger partial charge in [-0.2, -0.15) is 0 Å². The van der Waals surface area contributed by atoms with E-state index in [4.69, 9.17) is 10.6 Å². The topological polar surface area (TPSA) is 95.1 Å². The normalized spacial score (nSPS) is 17.7. The van der Waals surface area contributed by atoms with Gasteiger partial charge in [0.2, 0.25) is 11.1 Å². The van der Waals surface area contributed by atoms with Gasteiger partial charge in [0, 0.05) is 13.2 Å². The van der Waals surface area contributed by atoms with Crippen LogP contribution < -0.4 is 11.2 Å². The number of thiophene rings is 1. The van der Waals surface area contributed by atoms with E-state index < -0.39 is 0 Å². The number of amides is 1. The van der Waals surface area contributed by atoms with E-state index in [0.717, 1.165) is 24.3 Å². The van der Waals surface area contributed by atoms with Gasteiger partial charge in [-0.15, -0.1) is 21.5 Å². The number of rotatable bonds is 6. The molecule has 9 heteroatoms. The first-order valence-electron chi connectivity index (χ1n) is 6.99. The number of carbonyl (C=O) groups is 1. The molecule has 0 saturated carbocycles. The van der Waals surface area contributed by atoms with Crippen LogP contribution in [0, 0.1) is 0 Å². The van der Waals surface area contributed by atoms with Crippen molar-refractivity contribution in [2.45, 2.75) is 24.1 Å². The minimum absolute atomic E-state index is 0.0545. The van der Waals surface area contributed by atoms with Crippen LogP contribution >= 0.6 is 23.1 Å². The minimum atomic E-state index is -0.0545. The van der Waals surface area contributed by atoms with Gasteiger partial charge in [0.15, 0.2) is 5.82 Å². The van der Waals surface area contributed by atoms with Gasteiger partial charge in [-0.3, -0.25) is 4.79 Å². The Balaban J connectivity index is 1.50. The van der Waals surface area contributed by atoms with E-state index in [1.54, 1.807) is 11.3 Å². The first kappa shape index (κ1) is 15.3. The molecule has 2 aromatic heterocycles. The SMILES string of the molecule is Nn1c(SCC(=O)NC[C@H]2CCCO2)nnc1-c1cccs1. The van der Waals surface area contributed by atoms with E-state index >= 15 is 0 Å². The van der Waals surface area contributed by atoms with Crippen LogP contribution in [0.3, 0.4) is 0 Å². The molecule has 22 heavy (non-hydrogen) atoms. The molecule has 0 spiro atoms. The largest absolute Gasteiger partial charge is 0.376 e. The smallest absolute Gasteiger partial charge is 0.230 e. The molecule has 1 atom stereocenters. The third-order valence-corrected chi connectivity index (χ3v) is 5.10. The average Bonchev–Trinajstić information content (AvgIpc) is 3.25. The third kappa shape index (κ3) is 3.60. The molecule has 0 unspecified atom stereocenters. The highest BCUT2D eigenvalue weighted by molar-refractivity contribution is 7.99. The number of nitrogen functional groups attached to an aromatic ring is 1. The van der Waals surface area contributed by atoms with Crippen LogP contribution in [0.15, 0.2) is 22.7 Å². The number of nitrogens with two attached hydrogens (primary N) is 1. The lowest BCUT2D eigenvalue weighted by atomic mass is 10.2. The van der Waals surface area contributed by atoms with Crippen LogP contribution in [0.4, 0.5) is 0 Å². The summed E-state index contributed by atoms with van der Waals surface area (Å²) in [6.45, 7) is 1.35. The molecule has 1 aliphatic rings. The van der Waals surface area contributed by atoms with Crippen molar-refractivity contribution in [1.29, 1.82) is 0 Å². The van der Waals surface area contributed by atoms with Crippen LogP contribution in [-0.2, 0) is 9.53 Å². The molecule has 1 saturated heterocycles. The van der Waals surface area contributed by atoms with Crippen molar-refractivity contribution in [2.75, 3.05) is 24.7 Å². The Kier molecular flexibility index (Phi) is 4.96. The maximum absolute atomic E-state index is 11.8. The molecule has 1 amide bonds. The first-order chi connectivity index (χ1) is 10.7. The van der Waals surface area contributed by atoms with Crippen molar-refractivity contribution in [2.24, 2.45) is 0 Å². The van der Waals surface area contributed by atoms with Crippen molar-refractivity contribution in [3.8, 4) is 10.7 Å². The molecule has 3 N–H and O–H groups in total. The van der Waals surface area contributed by atoms with Gasteiger partial charge < -0.3 is 15.9 Å². The summed E-state index contributed by atoms with van der Waals surface area (Å²) in [7, 11) is 0. The molecule has 118 valence electrons. The molecular formula is C13H17N5O2S2. The molecule has 0 aliphatic carbocycles. The van der Waals surface area contributed by atoms with Gasteiger partial charge in [-0.1, -0.05) is 17.8 Å². The van der Waals surface area contributed by atoms with E-state index in [0.29, 0.717) is 17.5 Å². The lowest BCUT2D eigenvalue weighted by molar-refractivity contribution is -0.119. The second-order valence-electron chi connectivity index (χ2n) is 4.88. The monoisotopic (exact) mass is 339 g/mol. The second kappa shape index (κ2) is 7.12. The molecule has 2 aromatic rings. The number of nitrogens with zero attached hydrogens (tertiary/aromatic N) is 3. The van der Waals surface area contributed by atoms with Crippen molar-refractivity contribution < 1.29 is 9.53 Å². The summed E-state index contributed by atoms with van der Waals surface area (Å²) in [4.78, 5) is 12.8. The Morgan fingerprint density at radius 3 is 3.23 bits per heavy atom. The van der Waals surface area contributed by atoms with Crippen LogP contribution in [0.2, 0.25) is 0 Å². The van der Waals surface area contributed by atoms with Crippen LogP contribution in [0.5, 0.6) is 0 Å². The molecule has 3 rings (SSSR count). The van der Waals surface area contributed by atoms with Gasteiger partial charge in [-0.05, 0) is 24.3 Å². The number of ether oxygens (including phenoxy) is 1. The maximum atomic E-state index is 11.8. The quantitative estimate of drug-likeness (QED) is 0.605. The molecule has 0 aromatic carbocycles. The fourth-order valence-corrected chi connectivity index (χ4v) is 3.56. The highest BCUT2D eigenvalue weighted by atomic mass is 32.2. The average molecular weight is 339 g/mol. The lowest BCUT2D eigenvalue weighted by Crippen LogP contribution is -2.33. The molecular weight excluding hydrogens is 322 g/mol. The zero-order chi connectivity index (χ0) is 15.4. The number of thioether (sulfide) groups is 1. The summed E-state index contributed by atoms with van der Waals surface area (Å²) >= 11 is 2.82. The standard InChI is InChI=1S/C13H17N5O2S2/c14-18-12(10-4-2-6-21-10)16-17-13(18)22-8-11(19)15-7-9-3-1-5-20-9/h2,4,6,9H,1,3,5,7-8,14H2,(H,15,19)/t9-/m1/s1. The fourth-order valence-electron chi connectivity index (χ4n) is 2.16. The van der Waals surface area contributed by atoms with Gasteiger partial charge in [0.1, 0.15) is 0 Å². The van der Waals surface area contributed by atoms with E-state index in [2.05, 4.69) is 15.5 Å². The summed E-state index contributed by atoms with van der Waals surface area (Å²) < 4.78 is 6.88. The number of carbonyl (C=O) groups excluding carboxylic acids is 1. The fraction of sp³-hybridized carbons (Fsp3) is 0.462. The van der Waals surface area contributed by atoms with E-state index in [1.165, 1.54) is 16.4 Å². The summed E-state index contributed by atoms with van der Waals surface area (Å²) in [6.07, 6.45) is 2.23. The predicted molar refractivity (Wildman–Crippen MR) is 86.2 cm³/mol. The Bertz CT molecular complexity index is 622. The van der Waals surface area contributed by atoms with Gasteiger partial charge in [0.05, 0.1) is 16.7 Å². The van der Waals surface area contributed by atoms with Crippen LogP contribution in [0.25, 0.3) is 10.7 Å². The number of hydrogen-bond acceptors (Lipinski definition) is 7. The molecule has 0 radical (unpaired) electrons. The van der Waals surface area contributed by atoms with Crippen LogP contribution in [0.1, 0.15) is 12.8 Å². The summed E-state index contributed by atoms with van der Waals surface area (Å²) in [6, 6.07) is 3.86. The molecule has 0 bridgehead atoms. The number of nitrogens with one attached hydrogen (secondary N) is 1. The van der Waals surface area contributed by atoms with Crippen molar-refractivity contribution in [3.63, 3.8) is 0 Å². The zero-order valence-corrected chi connectivity index (χ0v) is 13.5. The molecule has 1 fully saturated rings. The van der Waals surface area contributed by atoms with Gasteiger partial charge >= 0.3 is 0 Å². The maximum Gasteiger partial charge on any atom is 0.230 e. The lowest BCUT2D eigenvalue weighted by Gasteiger charge is -2.10. The second-order valence-corrected chi connectivity index (χ2v) is 6.77. The Morgan fingerprint density at radius 2 is 2.50 bits per heavy atom. The summed E-state index contributed by atoms with van der Waals surface area (Å²) in [5.74, 6) is 6.79. The highest BCUT2D eigenvalue weighted by Crippen LogP contribution is 2.24. The predicted octanol–water partition coefficient (Wildman–Crippen LogP) is 1.11. The van der Waals surface area contributed by atoms with E-state index in [1.807, 2.05) is 17.5 Å². The van der Waals surface area contributed by atoms with Crippen LogP contribution in [-0.4, -0.2) is 45.8 Å². The van der Waals surface area contributed by atoms with E-state index in [-0.39, 0.29) is 17.8 Å². The van der Waals surface area contributed by atoms with Crippen molar-refractivity contribution in [1.82, 2.24) is 20.2 Å². The summed E-state index contributed by atoms with van der Waals surface area (Å²) in [5.41, 5.74) is 0. The van der Waals surface area contributed by atoms with Crippen molar-refractivity contribution in [3.05, 3.63) is 17.5 Å². The Morgan fingerprint density at radius 1 is 1.59 bits per heavy atom. The molecule has 7 nitrogen and oxygen atoms in total. The number of hydrogen-bond donors (Lipinski definition) is 2. The van der Waals surface area contributed by atoms with Gasteiger partial charge in [-0.25, -0.2) is 4.68 Å². The minimum Gasteiger partial charge on any atom is -0.376 e. The third-order valence-electron chi connectivity index (χ3n) is 3.29. The van der Waals surface area contributed by atoms with Gasteiger partial charge in [0.25, 0.3) is 0 Å². The Hall–Kier alpha value is -1.58. The summed E-state index contributed by atoms with van der Waals surface area (Å²) in [5, 5.41) is 13.5. The zero-order valence-electron chi connectivity index (χ0n) is 11.9. The molecule has 3 heterocycles. The van der Waals surface area contributed by atoms with Crippen molar-refractivity contribution >= 4 is 29.0 Å².